The summed E-state index contributed by atoms with van der Waals surface area (Å²) in [6.45, 7) is 3.09. The molecule has 0 radical (unpaired) electrons. The van der Waals surface area contributed by atoms with Gasteiger partial charge in [-0.25, -0.2) is 13.1 Å². The zero-order valence-electron chi connectivity index (χ0n) is 11.3. The second-order valence-corrected chi connectivity index (χ2v) is 7.15. The molecule has 9 heteroatoms. The topological polar surface area (TPSA) is 93.2 Å². The Labute approximate surface area is 127 Å². The summed E-state index contributed by atoms with van der Waals surface area (Å²) in [5.74, 6) is 0.120. The van der Waals surface area contributed by atoms with Crippen molar-refractivity contribution in [1.82, 2.24) is 18.8 Å². The van der Waals surface area contributed by atoms with Crippen molar-refractivity contribution in [2.75, 3.05) is 32.8 Å². The molecule has 0 aliphatic carbocycles. The summed E-state index contributed by atoms with van der Waals surface area (Å²) in [7, 11) is -3.60. The molecule has 0 spiro atoms. The molecule has 1 saturated heterocycles. The first-order valence-corrected chi connectivity index (χ1v) is 8.87. The van der Waals surface area contributed by atoms with E-state index in [1.807, 2.05) is 0 Å². The van der Waals surface area contributed by atoms with Crippen LogP contribution in [0.25, 0.3) is 11.0 Å². The number of nitrogens with zero attached hydrogens (tertiary/aromatic N) is 2. The second-order valence-electron chi connectivity index (χ2n) is 4.89. The van der Waals surface area contributed by atoms with Gasteiger partial charge in [0.25, 0.3) is 0 Å². The van der Waals surface area contributed by atoms with Crippen molar-refractivity contribution >= 4 is 32.8 Å². The molecule has 0 saturated carbocycles. The Kier molecular flexibility index (Phi) is 4.45. The number of fused-ring (bicyclic) bond motifs is 1. The Balaban J connectivity index is 1.76. The molecule has 7 nitrogen and oxygen atoms in total. The summed E-state index contributed by atoms with van der Waals surface area (Å²) < 4.78 is 41.1. The summed E-state index contributed by atoms with van der Waals surface area (Å²) in [4.78, 5) is 0.177. The molecule has 1 aromatic heterocycles. The molecule has 3 rings (SSSR count). The molecule has 0 bridgehead atoms. The molecule has 0 amide bonds. The Morgan fingerprint density at radius 2 is 2.33 bits per heavy atom. The van der Waals surface area contributed by atoms with Gasteiger partial charge in [0.1, 0.15) is 15.9 Å². The highest BCUT2D eigenvalue weighted by Crippen LogP contribution is 2.20. The average Bonchev–Trinajstić information content (AvgIpc) is 2.80. The van der Waals surface area contributed by atoms with Crippen molar-refractivity contribution in [3.8, 4) is 0 Å². The first-order valence-electron chi connectivity index (χ1n) is 6.66. The van der Waals surface area contributed by atoms with Crippen molar-refractivity contribution in [3.63, 3.8) is 0 Å². The van der Waals surface area contributed by atoms with Gasteiger partial charge in [-0.2, -0.15) is 8.75 Å². The minimum atomic E-state index is -3.60. The zero-order valence-corrected chi connectivity index (χ0v) is 12.9. The van der Waals surface area contributed by atoms with Crippen molar-refractivity contribution in [2.24, 2.45) is 5.92 Å². The van der Waals surface area contributed by atoms with Crippen LogP contribution in [-0.4, -0.2) is 50.0 Å². The standard InChI is InChI=1S/C12H16N4O3S2/c17-21(18,14-7-9-6-13-4-5-19-8-9)11-3-1-2-10-12(11)16-20-15-10/h1-3,9,13-14H,4-8H2. The van der Waals surface area contributed by atoms with Gasteiger partial charge in [-0.05, 0) is 12.1 Å². The van der Waals surface area contributed by atoms with Gasteiger partial charge in [0.2, 0.25) is 10.0 Å². The predicted octanol–water partition coefficient (Wildman–Crippen LogP) is 0.206. The lowest BCUT2D eigenvalue weighted by molar-refractivity contribution is 0.124. The highest BCUT2D eigenvalue weighted by atomic mass is 32.2. The molecule has 2 N–H and O–H groups in total. The molecule has 2 aromatic rings. The van der Waals surface area contributed by atoms with Crippen molar-refractivity contribution < 1.29 is 13.2 Å². The van der Waals surface area contributed by atoms with Crippen LogP contribution in [0.4, 0.5) is 0 Å². The third-order valence-corrected chi connectivity index (χ3v) is 5.31. The van der Waals surface area contributed by atoms with E-state index in [1.54, 1.807) is 18.2 Å². The molecule has 114 valence electrons. The van der Waals surface area contributed by atoms with Gasteiger partial charge in [-0.3, -0.25) is 0 Å². The molecule has 1 fully saturated rings. The van der Waals surface area contributed by atoms with E-state index in [2.05, 4.69) is 18.8 Å². The normalized spacial score (nSPS) is 20.5. The predicted molar refractivity (Wildman–Crippen MR) is 79.8 cm³/mol. The fourth-order valence-corrected chi connectivity index (χ4v) is 4.07. The van der Waals surface area contributed by atoms with E-state index in [9.17, 15) is 8.42 Å². The second kappa shape index (κ2) is 6.32. The van der Waals surface area contributed by atoms with E-state index in [-0.39, 0.29) is 10.8 Å². The van der Waals surface area contributed by atoms with Crippen LogP contribution in [0.2, 0.25) is 0 Å². The molecule has 1 atom stereocenters. The third-order valence-electron chi connectivity index (χ3n) is 3.31. The maximum atomic E-state index is 12.4. The van der Waals surface area contributed by atoms with E-state index in [0.29, 0.717) is 30.8 Å². The number of rotatable bonds is 4. The van der Waals surface area contributed by atoms with Gasteiger partial charge < -0.3 is 10.1 Å². The minimum absolute atomic E-state index is 0.120. The highest BCUT2D eigenvalue weighted by Gasteiger charge is 2.21. The van der Waals surface area contributed by atoms with Gasteiger partial charge >= 0.3 is 0 Å². The summed E-state index contributed by atoms with van der Waals surface area (Å²) in [5, 5.41) is 3.22. The largest absolute Gasteiger partial charge is 0.380 e. The Bertz CT molecular complexity index is 708. The van der Waals surface area contributed by atoms with Gasteiger partial charge in [-0.15, -0.1) is 0 Å². The molecule has 1 aliphatic rings. The van der Waals surface area contributed by atoms with Gasteiger partial charge in [0.05, 0.1) is 24.9 Å². The van der Waals surface area contributed by atoms with E-state index in [0.717, 1.165) is 24.8 Å². The third kappa shape index (κ3) is 3.38. The lowest BCUT2D eigenvalue weighted by Gasteiger charge is -2.14. The van der Waals surface area contributed by atoms with E-state index < -0.39 is 10.0 Å². The number of nitrogens with one attached hydrogen (secondary N) is 2. The summed E-state index contributed by atoms with van der Waals surface area (Å²) >= 11 is 1.01. The first kappa shape index (κ1) is 14.8. The molecule has 2 heterocycles. The maximum absolute atomic E-state index is 12.4. The fraction of sp³-hybridized carbons (Fsp3) is 0.500. The monoisotopic (exact) mass is 328 g/mol. The molecule has 1 aromatic carbocycles. The fourth-order valence-electron chi connectivity index (χ4n) is 2.19. The smallest absolute Gasteiger partial charge is 0.242 e. The maximum Gasteiger partial charge on any atom is 0.242 e. The summed E-state index contributed by atoms with van der Waals surface area (Å²) in [6, 6.07) is 4.98. The summed E-state index contributed by atoms with van der Waals surface area (Å²) in [6.07, 6.45) is 0. The van der Waals surface area contributed by atoms with Crippen LogP contribution in [0.15, 0.2) is 23.1 Å². The number of hydrogen-bond acceptors (Lipinski definition) is 7. The van der Waals surface area contributed by atoms with Crippen LogP contribution in [0, 0.1) is 5.92 Å². The Morgan fingerprint density at radius 1 is 1.43 bits per heavy atom. The quantitative estimate of drug-likeness (QED) is 0.833. The minimum Gasteiger partial charge on any atom is -0.380 e. The van der Waals surface area contributed by atoms with Crippen LogP contribution < -0.4 is 10.0 Å². The Hall–Kier alpha value is -1.13. The lowest BCUT2D eigenvalue weighted by Crippen LogP contribution is -2.35. The number of sulfonamides is 1. The molecule has 1 aliphatic heterocycles. The number of hydrogen-bond donors (Lipinski definition) is 2. The van der Waals surface area contributed by atoms with Crippen LogP contribution in [0.1, 0.15) is 0 Å². The lowest BCUT2D eigenvalue weighted by atomic mass is 10.2. The van der Waals surface area contributed by atoms with Crippen molar-refractivity contribution in [1.29, 1.82) is 0 Å². The van der Waals surface area contributed by atoms with Gasteiger partial charge in [-0.1, -0.05) is 6.07 Å². The number of benzene rings is 1. The van der Waals surface area contributed by atoms with Crippen LogP contribution >= 0.6 is 11.7 Å². The SMILES string of the molecule is O=S(=O)(NCC1CNCCOC1)c1cccc2nsnc12. The van der Waals surface area contributed by atoms with Crippen LogP contribution in [-0.2, 0) is 14.8 Å². The van der Waals surface area contributed by atoms with Gasteiger partial charge in [0.15, 0.2) is 0 Å². The Morgan fingerprint density at radius 3 is 3.24 bits per heavy atom. The number of aromatic nitrogens is 2. The van der Waals surface area contributed by atoms with Crippen molar-refractivity contribution in [2.45, 2.75) is 4.90 Å². The first-order chi connectivity index (χ1) is 10.2. The van der Waals surface area contributed by atoms with E-state index in [4.69, 9.17) is 4.74 Å². The zero-order chi connectivity index (χ0) is 14.7. The van der Waals surface area contributed by atoms with Crippen molar-refractivity contribution in [3.05, 3.63) is 18.2 Å². The highest BCUT2D eigenvalue weighted by molar-refractivity contribution is 7.89. The molecular formula is C12H16N4O3S2. The van der Waals surface area contributed by atoms with Gasteiger partial charge in [0, 0.05) is 25.6 Å². The van der Waals surface area contributed by atoms with Crippen LogP contribution in [0.5, 0.6) is 0 Å². The summed E-state index contributed by atoms with van der Waals surface area (Å²) in [5.41, 5.74) is 1.02. The van der Waals surface area contributed by atoms with E-state index >= 15 is 0 Å². The molecule has 1 unspecified atom stereocenters. The molecular weight excluding hydrogens is 312 g/mol. The van der Waals surface area contributed by atoms with Crippen LogP contribution in [0.3, 0.4) is 0 Å². The average molecular weight is 328 g/mol. The molecule has 21 heavy (non-hydrogen) atoms. The number of ether oxygens (including phenoxy) is 1. The van der Waals surface area contributed by atoms with E-state index in [1.165, 1.54) is 0 Å².